The van der Waals surface area contributed by atoms with E-state index in [0.29, 0.717) is 11.1 Å². The number of ketones is 1. The maximum Gasteiger partial charge on any atom is 0.339 e. The Morgan fingerprint density at radius 3 is 2.13 bits per heavy atom. The number of benzene rings is 4. The molecule has 0 aromatic heterocycles. The molecule has 1 heterocycles. The van der Waals surface area contributed by atoms with Crippen LogP contribution < -0.4 is 20.1 Å². The standard InChI is InChI=1S/C35H34ClN3O5.ClH/c1-23(40)24-10-12-25(13-11-24)26-14-16-28(17-15-26)39(32-9-5-4-8-31(32)38-18-6-3-7-19-38)37-34(41)21-27-20-33(44-2)29(35(42)43)22-30(27)36;/h4-5,8-17,20,22H,3,6-7,18-19,21H2,1-2H3,(H,37,41)(H,42,43);1H. The number of hydrazine groups is 1. The molecule has 0 saturated carbocycles. The van der Waals surface area contributed by atoms with Gasteiger partial charge in [0.15, 0.2) is 5.78 Å². The molecule has 0 unspecified atom stereocenters. The van der Waals surface area contributed by atoms with Gasteiger partial charge in [-0.05, 0) is 79.3 Å². The van der Waals surface area contributed by atoms with Crippen molar-refractivity contribution in [2.75, 3.05) is 30.1 Å². The highest BCUT2D eigenvalue weighted by atomic mass is 35.5. The van der Waals surface area contributed by atoms with E-state index < -0.39 is 5.97 Å². The normalized spacial score (nSPS) is 12.6. The summed E-state index contributed by atoms with van der Waals surface area (Å²) in [5.41, 5.74) is 8.63. The number of Topliss-reactive ketones (excluding diaryl/α,β-unsaturated/α-hetero) is 1. The van der Waals surface area contributed by atoms with Crippen LogP contribution in [0.2, 0.25) is 5.02 Å². The number of piperidine rings is 1. The predicted molar refractivity (Wildman–Crippen MR) is 181 cm³/mol. The zero-order valence-electron chi connectivity index (χ0n) is 25.1. The first-order valence-electron chi connectivity index (χ1n) is 14.5. The number of ether oxygens (including phenoxy) is 1. The van der Waals surface area contributed by atoms with Gasteiger partial charge >= 0.3 is 5.97 Å². The Hall–Kier alpha value is -4.53. The molecule has 0 aliphatic carbocycles. The zero-order chi connectivity index (χ0) is 31.2. The average molecular weight is 649 g/mol. The van der Waals surface area contributed by atoms with Crippen LogP contribution in [0, 0.1) is 0 Å². The fourth-order valence-electron chi connectivity index (χ4n) is 5.42. The van der Waals surface area contributed by atoms with Crippen molar-refractivity contribution >= 4 is 58.7 Å². The van der Waals surface area contributed by atoms with Crippen molar-refractivity contribution in [3.63, 3.8) is 0 Å². The molecule has 45 heavy (non-hydrogen) atoms. The molecule has 1 aliphatic heterocycles. The Kier molecular flexibility index (Phi) is 11.1. The second kappa shape index (κ2) is 15.0. The van der Waals surface area contributed by atoms with E-state index in [1.54, 1.807) is 11.9 Å². The van der Waals surface area contributed by atoms with Gasteiger partial charge in [0.25, 0.3) is 0 Å². The fourth-order valence-corrected chi connectivity index (χ4v) is 5.65. The number of hydrogen-bond donors (Lipinski definition) is 2. The number of hydrogen-bond acceptors (Lipinski definition) is 6. The van der Waals surface area contributed by atoms with Gasteiger partial charge in [0.1, 0.15) is 11.3 Å². The quantitative estimate of drug-likeness (QED) is 0.134. The van der Waals surface area contributed by atoms with Crippen LogP contribution in [0.4, 0.5) is 17.1 Å². The average Bonchev–Trinajstić information content (AvgIpc) is 3.05. The molecule has 234 valence electrons. The van der Waals surface area contributed by atoms with Gasteiger partial charge in [-0.1, -0.05) is 60.1 Å². The van der Waals surface area contributed by atoms with Crippen molar-refractivity contribution in [3.8, 4) is 16.9 Å². The molecule has 4 aromatic rings. The summed E-state index contributed by atoms with van der Waals surface area (Å²) in [4.78, 5) is 39.2. The Morgan fingerprint density at radius 1 is 0.911 bits per heavy atom. The van der Waals surface area contributed by atoms with Gasteiger partial charge in [-0.25, -0.2) is 4.79 Å². The van der Waals surface area contributed by atoms with Crippen molar-refractivity contribution in [2.45, 2.75) is 32.6 Å². The van der Waals surface area contributed by atoms with Crippen LogP contribution in [-0.2, 0) is 11.2 Å². The number of halogens is 2. The van der Waals surface area contributed by atoms with Gasteiger partial charge in [0.2, 0.25) is 5.91 Å². The largest absolute Gasteiger partial charge is 0.496 e. The van der Waals surface area contributed by atoms with Crippen molar-refractivity contribution in [1.29, 1.82) is 0 Å². The summed E-state index contributed by atoms with van der Waals surface area (Å²) >= 11 is 6.41. The minimum Gasteiger partial charge on any atom is -0.496 e. The first-order valence-corrected chi connectivity index (χ1v) is 14.9. The fraction of sp³-hybridized carbons (Fsp3) is 0.229. The minimum absolute atomic E-state index is 0. The number of anilines is 3. The zero-order valence-corrected chi connectivity index (χ0v) is 26.7. The highest BCUT2D eigenvalue weighted by Gasteiger charge is 2.22. The summed E-state index contributed by atoms with van der Waals surface area (Å²) in [5, 5.41) is 11.4. The summed E-state index contributed by atoms with van der Waals surface area (Å²) in [6.07, 6.45) is 3.30. The third-order valence-corrected chi connectivity index (χ3v) is 8.11. The van der Waals surface area contributed by atoms with Gasteiger partial charge in [0, 0.05) is 23.7 Å². The molecule has 2 N–H and O–H groups in total. The highest BCUT2D eigenvalue weighted by molar-refractivity contribution is 6.32. The molecule has 0 atom stereocenters. The second-order valence-electron chi connectivity index (χ2n) is 10.7. The third kappa shape index (κ3) is 7.77. The van der Waals surface area contributed by atoms with Crippen LogP contribution in [0.3, 0.4) is 0 Å². The molecular formula is C35H35Cl2N3O5. The Labute approximate surface area is 273 Å². The van der Waals surface area contributed by atoms with Crippen LogP contribution in [0.25, 0.3) is 11.1 Å². The summed E-state index contributed by atoms with van der Waals surface area (Å²) < 4.78 is 5.25. The molecule has 0 spiro atoms. The predicted octanol–water partition coefficient (Wildman–Crippen LogP) is 7.74. The lowest BCUT2D eigenvalue weighted by Gasteiger charge is -2.34. The number of methoxy groups -OCH3 is 1. The van der Waals surface area contributed by atoms with Crippen LogP contribution in [0.15, 0.2) is 84.9 Å². The number of amides is 1. The number of aromatic carboxylic acids is 1. The topological polar surface area (TPSA) is 99.2 Å². The number of nitrogens with one attached hydrogen (secondary N) is 1. The number of carboxylic acids is 1. The number of carbonyl (C=O) groups excluding carboxylic acids is 2. The van der Waals surface area contributed by atoms with Crippen molar-refractivity contribution < 1.29 is 24.2 Å². The van der Waals surface area contributed by atoms with Crippen LogP contribution in [-0.4, -0.2) is 43.0 Å². The van der Waals surface area contributed by atoms with Crippen LogP contribution >= 0.6 is 24.0 Å². The van der Waals surface area contributed by atoms with Crippen molar-refractivity contribution in [1.82, 2.24) is 5.43 Å². The van der Waals surface area contributed by atoms with Crippen molar-refractivity contribution in [3.05, 3.63) is 107 Å². The highest BCUT2D eigenvalue weighted by Crippen LogP contribution is 2.36. The van der Waals surface area contributed by atoms with Crippen molar-refractivity contribution in [2.24, 2.45) is 0 Å². The van der Waals surface area contributed by atoms with Gasteiger partial charge in [-0.2, -0.15) is 0 Å². The monoisotopic (exact) mass is 647 g/mol. The van der Waals surface area contributed by atoms with E-state index in [4.69, 9.17) is 16.3 Å². The maximum atomic E-state index is 13.6. The molecule has 1 amide bonds. The maximum absolute atomic E-state index is 13.6. The number of nitrogens with zero attached hydrogens (tertiary/aromatic N) is 2. The molecule has 4 aromatic carbocycles. The molecule has 0 bridgehead atoms. The first-order chi connectivity index (χ1) is 21.2. The first kappa shape index (κ1) is 33.4. The Bertz CT molecular complexity index is 1670. The smallest absolute Gasteiger partial charge is 0.339 e. The van der Waals surface area contributed by atoms with E-state index in [2.05, 4.69) is 16.4 Å². The van der Waals surface area contributed by atoms with Gasteiger partial charge in [-0.3, -0.25) is 20.0 Å². The van der Waals surface area contributed by atoms with E-state index in [0.717, 1.165) is 54.1 Å². The van der Waals surface area contributed by atoms with E-state index >= 15 is 0 Å². The number of rotatable bonds is 10. The molecule has 1 aliphatic rings. The molecule has 5 rings (SSSR count). The molecule has 8 nitrogen and oxygen atoms in total. The van der Waals surface area contributed by atoms with Crippen LogP contribution in [0.5, 0.6) is 5.75 Å². The molecule has 10 heteroatoms. The van der Waals surface area contributed by atoms with Gasteiger partial charge < -0.3 is 14.7 Å². The summed E-state index contributed by atoms with van der Waals surface area (Å²) in [5.74, 6) is -1.36. The van der Waals surface area contributed by atoms with Crippen LogP contribution in [0.1, 0.15) is 52.5 Å². The lowest BCUT2D eigenvalue weighted by molar-refractivity contribution is -0.120. The Balaban J connectivity index is 0.00000461. The number of para-hydroxylation sites is 2. The molecular weight excluding hydrogens is 613 g/mol. The second-order valence-corrected chi connectivity index (χ2v) is 11.1. The molecule has 1 fully saturated rings. The number of carbonyl (C=O) groups is 3. The van der Waals surface area contributed by atoms with Gasteiger partial charge in [-0.15, -0.1) is 12.4 Å². The summed E-state index contributed by atoms with van der Waals surface area (Å²) in [6, 6.07) is 26.1. The third-order valence-electron chi connectivity index (χ3n) is 7.76. The van der Waals surface area contributed by atoms with Gasteiger partial charge in [0.05, 0.1) is 30.6 Å². The summed E-state index contributed by atoms with van der Waals surface area (Å²) in [6.45, 7) is 3.41. The van der Waals surface area contributed by atoms with E-state index in [9.17, 15) is 19.5 Å². The lowest BCUT2D eigenvalue weighted by Crippen LogP contribution is -2.41. The summed E-state index contributed by atoms with van der Waals surface area (Å²) in [7, 11) is 1.38. The SMILES string of the molecule is COc1cc(CC(=O)NN(c2ccc(-c3ccc(C(C)=O)cc3)cc2)c2ccccc2N2CCCCC2)c(Cl)cc1C(=O)O.Cl. The minimum atomic E-state index is -1.17. The van der Waals surface area contributed by atoms with E-state index in [1.165, 1.54) is 25.7 Å². The number of carboxylic acid groups (broad SMARTS) is 1. The lowest BCUT2D eigenvalue weighted by atomic mass is 10.0. The van der Waals surface area contributed by atoms with E-state index in [1.807, 2.05) is 66.7 Å². The molecule has 0 radical (unpaired) electrons. The Morgan fingerprint density at radius 2 is 1.53 bits per heavy atom. The molecule has 1 saturated heterocycles. The van der Waals surface area contributed by atoms with E-state index in [-0.39, 0.29) is 46.9 Å².